The van der Waals surface area contributed by atoms with E-state index < -0.39 is 0 Å². The molecule has 5 nitrogen and oxygen atoms in total. The number of pyridine rings is 2. The maximum Gasteiger partial charge on any atom is 0.250 e. The van der Waals surface area contributed by atoms with Crippen molar-refractivity contribution in [1.29, 1.82) is 0 Å². The molecule has 1 aromatic carbocycles. The summed E-state index contributed by atoms with van der Waals surface area (Å²) in [5.41, 5.74) is 4.92. The van der Waals surface area contributed by atoms with Gasteiger partial charge in [-0.25, -0.2) is 4.98 Å². The van der Waals surface area contributed by atoms with Gasteiger partial charge in [-0.15, -0.1) is 0 Å². The maximum atomic E-state index is 12.1. The van der Waals surface area contributed by atoms with E-state index in [4.69, 9.17) is 4.98 Å². The molecule has 26 heavy (non-hydrogen) atoms. The average Bonchev–Trinajstić information content (AvgIpc) is 2.96. The molecule has 3 heterocycles. The van der Waals surface area contributed by atoms with Crippen LogP contribution in [0.5, 0.6) is 0 Å². The number of nitrogens with zero attached hydrogens (tertiary/aromatic N) is 4. The Bertz CT molecular complexity index is 1130. The SMILES string of the molecule is Cc1ccc(=O)n(Cc2nccc3c2nc(Cc2ccccc2)n3C)c1. The predicted molar refractivity (Wildman–Crippen MR) is 102 cm³/mol. The first kappa shape index (κ1) is 16.3. The van der Waals surface area contributed by atoms with Crippen molar-refractivity contribution >= 4 is 11.0 Å². The number of fused-ring (bicyclic) bond motifs is 1. The maximum absolute atomic E-state index is 12.1. The highest BCUT2D eigenvalue weighted by atomic mass is 16.1. The second-order valence-corrected chi connectivity index (χ2v) is 6.55. The molecule has 0 bridgehead atoms. The number of benzene rings is 1. The van der Waals surface area contributed by atoms with E-state index in [-0.39, 0.29) is 5.56 Å². The Kier molecular flexibility index (Phi) is 4.13. The van der Waals surface area contributed by atoms with E-state index in [1.165, 1.54) is 5.56 Å². The zero-order chi connectivity index (χ0) is 18.1. The lowest BCUT2D eigenvalue weighted by Gasteiger charge is -2.06. The Morgan fingerprint density at radius 2 is 1.85 bits per heavy atom. The third-order valence-corrected chi connectivity index (χ3v) is 4.62. The van der Waals surface area contributed by atoms with Crippen molar-refractivity contribution in [2.45, 2.75) is 19.9 Å². The van der Waals surface area contributed by atoms with Gasteiger partial charge in [0.2, 0.25) is 0 Å². The normalized spacial score (nSPS) is 11.2. The van der Waals surface area contributed by atoms with E-state index in [9.17, 15) is 4.79 Å². The average molecular weight is 344 g/mol. The third-order valence-electron chi connectivity index (χ3n) is 4.62. The van der Waals surface area contributed by atoms with Gasteiger partial charge in [0.1, 0.15) is 11.3 Å². The van der Waals surface area contributed by atoms with Crippen molar-refractivity contribution in [3.63, 3.8) is 0 Å². The number of hydrogen-bond acceptors (Lipinski definition) is 3. The minimum atomic E-state index is -0.0326. The second-order valence-electron chi connectivity index (χ2n) is 6.55. The number of rotatable bonds is 4. The Labute approximate surface area is 151 Å². The van der Waals surface area contributed by atoms with Gasteiger partial charge >= 0.3 is 0 Å². The monoisotopic (exact) mass is 344 g/mol. The van der Waals surface area contributed by atoms with Gasteiger partial charge in [-0.1, -0.05) is 36.4 Å². The van der Waals surface area contributed by atoms with Crippen LogP contribution in [0.25, 0.3) is 11.0 Å². The molecule has 0 spiro atoms. The smallest absolute Gasteiger partial charge is 0.250 e. The first-order chi connectivity index (χ1) is 12.6. The summed E-state index contributed by atoms with van der Waals surface area (Å²) >= 11 is 0. The molecular formula is C21H20N4O. The van der Waals surface area contributed by atoms with Crippen LogP contribution in [0.3, 0.4) is 0 Å². The van der Waals surface area contributed by atoms with Gasteiger partial charge in [-0.2, -0.15) is 0 Å². The highest BCUT2D eigenvalue weighted by molar-refractivity contribution is 5.78. The lowest BCUT2D eigenvalue weighted by molar-refractivity contribution is 0.739. The Morgan fingerprint density at radius 1 is 1.04 bits per heavy atom. The van der Waals surface area contributed by atoms with Crippen LogP contribution in [0, 0.1) is 6.92 Å². The van der Waals surface area contributed by atoms with E-state index in [1.54, 1.807) is 16.8 Å². The van der Waals surface area contributed by atoms with Crippen LogP contribution in [-0.2, 0) is 20.0 Å². The van der Waals surface area contributed by atoms with Crippen LogP contribution < -0.4 is 5.56 Å². The Balaban J connectivity index is 1.76. The van der Waals surface area contributed by atoms with Crippen LogP contribution in [0.1, 0.15) is 22.6 Å². The van der Waals surface area contributed by atoms with Crippen LogP contribution in [0.2, 0.25) is 0 Å². The van der Waals surface area contributed by atoms with Crippen molar-refractivity contribution in [2.24, 2.45) is 7.05 Å². The van der Waals surface area contributed by atoms with Gasteiger partial charge in [-0.05, 0) is 24.1 Å². The molecule has 4 aromatic rings. The van der Waals surface area contributed by atoms with Crippen molar-refractivity contribution in [2.75, 3.05) is 0 Å². The molecule has 0 N–H and O–H groups in total. The van der Waals surface area contributed by atoms with Crippen LogP contribution >= 0.6 is 0 Å². The van der Waals surface area contributed by atoms with Gasteiger partial charge in [0.05, 0.1) is 17.8 Å². The molecule has 5 heteroatoms. The van der Waals surface area contributed by atoms with Gasteiger partial charge in [0.25, 0.3) is 5.56 Å². The molecule has 0 fully saturated rings. The highest BCUT2D eigenvalue weighted by Crippen LogP contribution is 2.20. The Hall–Kier alpha value is -3.21. The lowest BCUT2D eigenvalue weighted by atomic mass is 10.1. The van der Waals surface area contributed by atoms with Crippen molar-refractivity contribution in [3.05, 3.63) is 93.9 Å². The molecular weight excluding hydrogens is 324 g/mol. The fraction of sp³-hybridized carbons (Fsp3) is 0.190. The molecule has 0 aliphatic rings. The molecule has 0 saturated carbocycles. The van der Waals surface area contributed by atoms with Crippen molar-refractivity contribution < 1.29 is 0 Å². The summed E-state index contributed by atoms with van der Waals surface area (Å²) in [5, 5.41) is 0. The van der Waals surface area contributed by atoms with Crippen LogP contribution in [-0.4, -0.2) is 19.1 Å². The first-order valence-electron chi connectivity index (χ1n) is 8.62. The van der Waals surface area contributed by atoms with E-state index in [0.717, 1.165) is 34.5 Å². The zero-order valence-corrected chi connectivity index (χ0v) is 14.9. The second kappa shape index (κ2) is 6.59. The molecule has 130 valence electrons. The summed E-state index contributed by atoms with van der Waals surface area (Å²) in [5.74, 6) is 0.983. The number of imidazole rings is 1. The fourth-order valence-electron chi connectivity index (χ4n) is 3.21. The summed E-state index contributed by atoms with van der Waals surface area (Å²) in [6.45, 7) is 2.39. The van der Waals surface area contributed by atoms with E-state index in [2.05, 4.69) is 21.7 Å². The van der Waals surface area contributed by atoms with Gasteiger partial charge in [0.15, 0.2) is 0 Å². The first-order valence-corrected chi connectivity index (χ1v) is 8.62. The predicted octanol–water partition coefficient (Wildman–Crippen LogP) is 3.08. The topological polar surface area (TPSA) is 52.7 Å². The van der Waals surface area contributed by atoms with Crippen molar-refractivity contribution in [3.8, 4) is 0 Å². The molecule has 0 aliphatic carbocycles. The summed E-state index contributed by atoms with van der Waals surface area (Å²) in [4.78, 5) is 21.5. The number of hydrogen-bond donors (Lipinski definition) is 0. The Morgan fingerprint density at radius 3 is 2.65 bits per heavy atom. The molecule has 4 rings (SSSR count). The van der Waals surface area contributed by atoms with Gasteiger partial charge < -0.3 is 9.13 Å². The molecule has 0 radical (unpaired) electrons. The minimum absolute atomic E-state index is 0.0326. The quantitative estimate of drug-likeness (QED) is 0.572. The molecule has 0 atom stereocenters. The lowest BCUT2D eigenvalue weighted by Crippen LogP contribution is -2.19. The molecule has 3 aromatic heterocycles. The molecule has 0 amide bonds. The van der Waals surface area contributed by atoms with Crippen LogP contribution in [0.4, 0.5) is 0 Å². The van der Waals surface area contributed by atoms with Crippen LogP contribution in [0.15, 0.2) is 65.7 Å². The fourth-order valence-corrected chi connectivity index (χ4v) is 3.21. The van der Waals surface area contributed by atoms with E-state index >= 15 is 0 Å². The van der Waals surface area contributed by atoms with E-state index in [0.29, 0.717) is 6.54 Å². The number of aryl methyl sites for hydroxylation is 2. The minimum Gasteiger partial charge on any atom is -0.331 e. The van der Waals surface area contributed by atoms with Crippen molar-refractivity contribution in [1.82, 2.24) is 19.1 Å². The zero-order valence-electron chi connectivity index (χ0n) is 14.9. The molecule has 0 saturated heterocycles. The molecule has 0 unspecified atom stereocenters. The summed E-state index contributed by atoms with van der Waals surface area (Å²) in [7, 11) is 2.02. The summed E-state index contributed by atoms with van der Waals surface area (Å²) < 4.78 is 3.79. The third kappa shape index (κ3) is 3.04. The van der Waals surface area contributed by atoms with Gasteiger partial charge in [-0.3, -0.25) is 9.78 Å². The largest absolute Gasteiger partial charge is 0.331 e. The number of aromatic nitrogens is 4. The summed E-state index contributed by atoms with van der Waals surface area (Å²) in [6.07, 6.45) is 4.40. The van der Waals surface area contributed by atoms with E-state index in [1.807, 2.05) is 50.5 Å². The standard InChI is InChI=1S/C21H20N4O/c1-15-8-9-20(26)25(13-15)14-17-21-18(10-11-22-17)24(2)19(23-21)12-16-6-4-3-5-7-16/h3-11,13H,12,14H2,1-2H3. The van der Waals surface area contributed by atoms with Gasteiger partial charge in [0, 0.05) is 31.9 Å². The summed E-state index contributed by atoms with van der Waals surface area (Å²) in [6, 6.07) is 15.7. The molecule has 0 aliphatic heterocycles. The highest BCUT2D eigenvalue weighted by Gasteiger charge is 2.13.